The van der Waals surface area contributed by atoms with Crippen molar-refractivity contribution in [1.29, 1.82) is 0 Å². The van der Waals surface area contributed by atoms with Crippen molar-refractivity contribution >= 4 is 11.6 Å². The summed E-state index contributed by atoms with van der Waals surface area (Å²) in [6.45, 7) is 1.15. The molecule has 1 aliphatic carbocycles. The van der Waals surface area contributed by atoms with Crippen LogP contribution >= 0.6 is 11.6 Å². The van der Waals surface area contributed by atoms with E-state index < -0.39 is 0 Å². The molecule has 1 atom stereocenters. The van der Waals surface area contributed by atoms with Crippen LogP contribution in [0.1, 0.15) is 50.5 Å². The monoisotopic (exact) mass is 293 g/mol. The topological polar surface area (TPSA) is 21.3 Å². The fourth-order valence-corrected chi connectivity index (χ4v) is 3.58. The van der Waals surface area contributed by atoms with Crippen LogP contribution in [0.2, 0.25) is 5.02 Å². The van der Waals surface area contributed by atoms with Gasteiger partial charge in [0.25, 0.3) is 0 Å². The van der Waals surface area contributed by atoms with Crippen molar-refractivity contribution in [3.05, 3.63) is 28.8 Å². The van der Waals surface area contributed by atoms with Crippen LogP contribution in [-0.4, -0.2) is 18.7 Å². The van der Waals surface area contributed by atoms with E-state index in [4.69, 9.17) is 16.3 Å². The van der Waals surface area contributed by atoms with E-state index in [9.17, 15) is 0 Å². The van der Waals surface area contributed by atoms with Gasteiger partial charge in [0.15, 0.2) is 0 Å². The first kappa shape index (κ1) is 14.2. The summed E-state index contributed by atoms with van der Waals surface area (Å²) in [7, 11) is 0. The number of halogens is 1. The molecule has 110 valence electrons. The molecule has 3 heteroatoms. The van der Waals surface area contributed by atoms with Crippen LogP contribution < -0.4 is 10.1 Å². The van der Waals surface area contributed by atoms with Crippen LogP contribution in [0.4, 0.5) is 0 Å². The van der Waals surface area contributed by atoms with Gasteiger partial charge in [-0.2, -0.15) is 0 Å². The molecule has 0 amide bonds. The van der Waals surface area contributed by atoms with Crippen LogP contribution in [0.25, 0.3) is 0 Å². The molecule has 1 saturated carbocycles. The molecular weight excluding hydrogens is 270 g/mol. The summed E-state index contributed by atoms with van der Waals surface area (Å²) < 4.78 is 6.00. The molecule has 2 aliphatic rings. The average Bonchev–Trinajstić information content (AvgIpc) is 2.96. The van der Waals surface area contributed by atoms with Gasteiger partial charge in [-0.25, -0.2) is 0 Å². The molecule has 1 aromatic rings. The highest BCUT2D eigenvalue weighted by molar-refractivity contribution is 6.32. The van der Waals surface area contributed by atoms with Gasteiger partial charge in [-0.1, -0.05) is 24.1 Å². The molecule has 1 N–H and O–H groups in total. The average molecular weight is 294 g/mol. The van der Waals surface area contributed by atoms with E-state index in [0.29, 0.717) is 12.1 Å². The van der Waals surface area contributed by atoms with E-state index in [1.54, 1.807) is 0 Å². The Labute approximate surface area is 126 Å². The second-order valence-corrected chi connectivity index (χ2v) is 6.55. The molecule has 1 saturated heterocycles. The smallest absolute Gasteiger partial charge is 0.138 e. The van der Waals surface area contributed by atoms with Gasteiger partial charge in [-0.05, 0) is 69.2 Å². The zero-order valence-electron chi connectivity index (χ0n) is 12.0. The molecule has 0 spiro atoms. The normalized spacial score (nSPS) is 23.9. The predicted octanol–water partition coefficient (Wildman–Crippen LogP) is 4.35. The van der Waals surface area contributed by atoms with E-state index in [-0.39, 0.29) is 0 Å². The second kappa shape index (κ2) is 6.82. The molecule has 20 heavy (non-hydrogen) atoms. The highest BCUT2D eigenvalue weighted by atomic mass is 35.5. The SMILES string of the molecule is Clc1cc(CC2CCCCN2)ccc1OC1CCCC1. The minimum atomic E-state index is 0.373. The van der Waals surface area contributed by atoms with Gasteiger partial charge in [-0.15, -0.1) is 0 Å². The third kappa shape index (κ3) is 3.67. The summed E-state index contributed by atoms with van der Waals surface area (Å²) in [5.74, 6) is 0.860. The highest BCUT2D eigenvalue weighted by Gasteiger charge is 2.18. The number of nitrogens with one attached hydrogen (secondary N) is 1. The molecule has 1 aliphatic heterocycles. The van der Waals surface area contributed by atoms with Crippen LogP contribution in [-0.2, 0) is 6.42 Å². The van der Waals surface area contributed by atoms with Gasteiger partial charge in [0.2, 0.25) is 0 Å². The maximum Gasteiger partial charge on any atom is 0.138 e. The van der Waals surface area contributed by atoms with Crippen molar-refractivity contribution in [2.45, 2.75) is 63.5 Å². The minimum Gasteiger partial charge on any atom is -0.489 e. The Hall–Kier alpha value is -0.730. The van der Waals surface area contributed by atoms with Gasteiger partial charge >= 0.3 is 0 Å². The minimum absolute atomic E-state index is 0.373. The van der Waals surface area contributed by atoms with Crippen molar-refractivity contribution < 1.29 is 4.74 Å². The van der Waals surface area contributed by atoms with Crippen molar-refractivity contribution in [2.24, 2.45) is 0 Å². The molecule has 0 bridgehead atoms. The number of piperidine rings is 1. The van der Waals surface area contributed by atoms with Crippen LogP contribution in [0.5, 0.6) is 5.75 Å². The Morgan fingerprint density at radius 2 is 1.90 bits per heavy atom. The third-order valence-corrected chi connectivity index (χ3v) is 4.78. The summed E-state index contributed by atoms with van der Waals surface area (Å²) in [4.78, 5) is 0. The molecule has 2 fully saturated rings. The second-order valence-electron chi connectivity index (χ2n) is 6.14. The summed E-state index contributed by atoms with van der Waals surface area (Å²) in [6, 6.07) is 6.93. The summed E-state index contributed by atoms with van der Waals surface area (Å²) in [6.07, 6.45) is 10.3. The van der Waals surface area contributed by atoms with E-state index in [2.05, 4.69) is 23.5 Å². The molecule has 0 aromatic heterocycles. The summed E-state index contributed by atoms with van der Waals surface area (Å²) in [5.41, 5.74) is 1.31. The number of hydrogen-bond donors (Lipinski definition) is 1. The van der Waals surface area contributed by atoms with E-state index in [1.807, 2.05) is 0 Å². The zero-order chi connectivity index (χ0) is 13.8. The first-order valence-corrected chi connectivity index (χ1v) is 8.37. The fourth-order valence-electron chi connectivity index (χ4n) is 3.34. The number of benzene rings is 1. The van der Waals surface area contributed by atoms with Gasteiger partial charge in [0.1, 0.15) is 5.75 Å². The first-order chi connectivity index (χ1) is 9.81. The van der Waals surface area contributed by atoms with Crippen LogP contribution in [0.15, 0.2) is 18.2 Å². The Bertz CT molecular complexity index is 437. The van der Waals surface area contributed by atoms with Crippen LogP contribution in [0.3, 0.4) is 0 Å². The molecule has 3 rings (SSSR count). The Morgan fingerprint density at radius 3 is 2.60 bits per heavy atom. The Balaban J connectivity index is 1.60. The Kier molecular flexibility index (Phi) is 4.85. The Morgan fingerprint density at radius 1 is 1.10 bits per heavy atom. The summed E-state index contributed by atoms with van der Waals surface area (Å²) in [5, 5.41) is 4.35. The number of ether oxygens (including phenoxy) is 1. The van der Waals surface area contributed by atoms with Gasteiger partial charge in [-0.3, -0.25) is 0 Å². The molecular formula is C17H24ClNO. The maximum atomic E-state index is 6.38. The predicted molar refractivity (Wildman–Crippen MR) is 83.7 cm³/mol. The molecule has 1 heterocycles. The lowest BCUT2D eigenvalue weighted by Crippen LogP contribution is -2.35. The van der Waals surface area contributed by atoms with E-state index in [1.165, 1.54) is 50.5 Å². The number of hydrogen-bond acceptors (Lipinski definition) is 2. The fraction of sp³-hybridized carbons (Fsp3) is 0.647. The quantitative estimate of drug-likeness (QED) is 0.891. The van der Waals surface area contributed by atoms with Crippen molar-refractivity contribution in [3.63, 3.8) is 0 Å². The van der Waals surface area contributed by atoms with Crippen molar-refractivity contribution in [3.8, 4) is 5.75 Å². The van der Waals surface area contributed by atoms with E-state index >= 15 is 0 Å². The molecule has 1 unspecified atom stereocenters. The molecule has 1 aromatic carbocycles. The van der Waals surface area contributed by atoms with Crippen molar-refractivity contribution in [1.82, 2.24) is 5.32 Å². The lowest BCUT2D eigenvalue weighted by Gasteiger charge is -2.23. The maximum absolute atomic E-state index is 6.38. The third-order valence-electron chi connectivity index (χ3n) is 4.49. The summed E-state index contributed by atoms with van der Waals surface area (Å²) >= 11 is 6.38. The standard InChI is InChI=1S/C17H24ClNO/c18-16-12-13(11-14-5-3-4-10-19-14)8-9-17(16)20-15-6-1-2-7-15/h8-9,12,14-15,19H,1-7,10-11H2. The highest BCUT2D eigenvalue weighted by Crippen LogP contribution is 2.31. The van der Waals surface area contributed by atoms with Gasteiger partial charge < -0.3 is 10.1 Å². The largest absolute Gasteiger partial charge is 0.489 e. The molecule has 0 radical (unpaired) electrons. The van der Waals surface area contributed by atoms with Gasteiger partial charge in [0, 0.05) is 6.04 Å². The van der Waals surface area contributed by atoms with Crippen LogP contribution in [0, 0.1) is 0 Å². The molecule has 2 nitrogen and oxygen atoms in total. The first-order valence-electron chi connectivity index (χ1n) is 8.00. The van der Waals surface area contributed by atoms with Gasteiger partial charge in [0.05, 0.1) is 11.1 Å². The zero-order valence-corrected chi connectivity index (χ0v) is 12.8. The lowest BCUT2D eigenvalue weighted by molar-refractivity contribution is 0.210. The van der Waals surface area contributed by atoms with Crippen molar-refractivity contribution in [2.75, 3.05) is 6.54 Å². The number of rotatable bonds is 4. The van der Waals surface area contributed by atoms with E-state index in [0.717, 1.165) is 23.7 Å². The lowest BCUT2D eigenvalue weighted by atomic mass is 9.98.